The molecule has 6 nitrogen and oxygen atoms in total. The Labute approximate surface area is 158 Å². The molecule has 138 valence electrons. The third-order valence-electron chi connectivity index (χ3n) is 5.16. The first-order valence-electron chi connectivity index (χ1n) is 9.16. The largest absolute Gasteiger partial charge is 0.379 e. The van der Waals surface area contributed by atoms with Gasteiger partial charge in [-0.3, -0.25) is 9.88 Å². The van der Waals surface area contributed by atoms with E-state index in [1.807, 2.05) is 25.1 Å². The Kier molecular flexibility index (Phi) is 5.38. The van der Waals surface area contributed by atoms with Gasteiger partial charge in [-0.15, -0.1) is 0 Å². The molecule has 2 saturated heterocycles. The van der Waals surface area contributed by atoms with Crippen LogP contribution in [0.1, 0.15) is 12.1 Å². The summed E-state index contributed by atoms with van der Waals surface area (Å²) in [7, 11) is 0. The Morgan fingerprint density at radius 1 is 1.23 bits per heavy atom. The molecule has 1 N–H and O–H groups in total. The molecule has 2 aliphatic heterocycles. The molecular formula is C19H25N5OS. The number of thioether (sulfide) groups is 1. The summed E-state index contributed by atoms with van der Waals surface area (Å²) in [5, 5.41) is 3.61. The Morgan fingerprint density at radius 3 is 2.77 bits per heavy atom. The highest BCUT2D eigenvalue weighted by Crippen LogP contribution is 2.34. The molecule has 4 rings (SSSR count). The maximum absolute atomic E-state index is 5.55. The van der Waals surface area contributed by atoms with Crippen LogP contribution < -0.4 is 5.32 Å². The third-order valence-corrected chi connectivity index (χ3v) is 6.39. The van der Waals surface area contributed by atoms with E-state index in [1.165, 1.54) is 17.9 Å². The summed E-state index contributed by atoms with van der Waals surface area (Å²) in [6, 6.07) is 5.92. The van der Waals surface area contributed by atoms with Crippen LogP contribution >= 0.6 is 11.8 Å². The van der Waals surface area contributed by atoms with Gasteiger partial charge in [0.25, 0.3) is 0 Å². The van der Waals surface area contributed by atoms with Gasteiger partial charge in [-0.1, -0.05) is 0 Å². The van der Waals surface area contributed by atoms with Crippen LogP contribution in [0.25, 0.3) is 11.4 Å². The summed E-state index contributed by atoms with van der Waals surface area (Å²) in [5.74, 6) is 4.04. The zero-order valence-corrected chi connectivity index (χ0v) is 16.0. The number of morpholine rings is 1. The van der Waals surface area contributed by atoms with Crippen LogP contribution in [0.3, 0.4) is 0 Å². The summed E-state index contributed by atoms with van der Waals surface area (Å²) < 4.78 is 5.55. The molecule has 0 aromatic carbocycles. The number of nitrogens with one attached hydrogen (secondary N) is 1. The van der Waals surface area contributed by atoms with Crippen molar-refractivity contribution < 1.29 is 4.74 Å². The van der Waals surface area contributed by atoms with Crippen molar-refractivity contribution in [1.82, 2.24) is 19.9 Å². The van der Waals surface area contributed by atoms with Crippen LogP contribution in [0.5, 0.6) is 0 Å². The number of aromatic nitrogens is 3. The third kappa shape index (κ3) is 3.84. The monoisotopic (exact) mass is 371 g/mol. The zero-order valence-electron chi connectivity index (χ0n) is 15.1. The van der Waals surface area contributed by atoms with Crippen LogP contribution in [-0.2, 0) is 4.74 Å². The molecule has 2 aromatic rings. The second kappa shape index (κ2) is 7.90. The van der Waals surface area contributed by atoms with Crippen molar-refractivity contribution >= 4 is 17.6 Å². The van der Waals surface area contributed by atoms with Crippen LogP contribution in [0.4, 0.5) is 5.82 Å². The highest BCUT2D eigenvalue weighted by Gasteiger charge is 2.40. The van der Waals surface area contributed by atoms with Crippen LogP contribution in [-0.4, -0.2) is 69.7 Å². The van der Waals surface area contributed by atoms with Gasteiger partial charge in [0, 0.05) is 60.6 Å². The number of aryl methyl sites for hydroxylation is 1. The van der Waals surface area contributed by atoms with Gasteiger partial charge in [-0.05, 0) is 31.2 Å². The lowest BCUT2D eigenvalue weighted by Crippen LogP contribution is -2.57. The van der Waals surface area contributed by atoms with Gasteiger partial charge < -0.3 is 10.1 Å². The summed E-state index contributed by atoms with van der Waals surface area (Å²) in [6.45, 7) is 6.64. The standard InChI is InChI=1S/C19H25N5OS/c1-15-12-17(23-18(22-15)16-2-5-20-6-3-16)21-13-19(4-11-26-14-19)24-7-9-25-10-8-24/h2-3,5-6,12H,4,7-11,13-14H2,1H3,(H,21,22,23). The molecule has 0 spiro atoms. The minimum Gasteiger partial charge on any atom is -0.379 e. The average molecular weight is 372 g/mol. The molecule has 2 fully saturated rings. The minimum atomic E-state index is 0.199. The summed E-state index contributed by atoms with van der Waals surface area (Å²) >= 11 is 2.05. The van der Waals surface area contributed by atoms with Crippen molar-refractivity contribution in [2.24, 2.45) is 0 Å². The number of ether oxygens (including phenoxy) is 1. The molecule has 1 unspecified atom stereocenters. The Morgan fingerprint density at radius 2 is 2.04 bits per heavy atom. The molecular weight excluding hydrogens is 346 g/mol. The van der Waals surface area contributed by atoms with Gasteiger partial charge in [0.05, 0.1) is 13.2 Å². The molecule has 26 heavy (non-hydrogen) atoms. The summed E-state index contributed by atoms with van der Waals surface area (Å²) in [4.78, 5) is 16.0. The van der Waals surface area contributed by atoms with Crippen LogP contribution in [0, 0.1) is 6.92 Å². The molecule has 0 bridgehead atoms. The number of rotatable bonds is 5. The van der Waals surface area contributed by atoms with Crippen molar-refractivity contribution in [3.8, 4) is 11.4 Å². The molecule has 0 amide bonds. The fourth-order valence-electron chi connectivity index (χ4n) is 3.68. The van der Waals surface area contributed by atoms with E-state index in [4.69, 9.17) is 9.72 Å². The summed E-state index contributed by atoms with van der Waals surface area (Å²) in [6.07, 6.45) is 4.76. The van der Waals surface area contributed by atoms with Crippen molar-refractivity contribution in [1.29, 1.82) is 0 Å². The first-order valence-corrected chi connectivity index (χ1v) is 10.3. The second-order valence-corrected chi connectivity index (χ2v) is 8.04. The van der Waals surface area contributed by atoms with E-state index in [9.17, 15) is 0 Å². The number of hydrogen-bond donors (Lipinski definition) is 1. The number of pyridine rings is 1. The minimum absolute atomic E-state index is 0.199. The van der Waals surface area contributed by atoms with E-state index >= 15 is 0 Å². The predicted molar refractivity (Wildman–Crippen MR) is 106 cm³/mol. The lowest BCUT2D eigenvalue weighted by molar-refractivity contribution is -0.00922. The summed E-state index contributed by atoms with van der Waals surface area (Å²) in [5.41, 5.74) is 2.16. The Balaban J connectivity index is 1.52. The first kappa shape index (κ1) is 17.7. The average Bonchev–Trinajstić information content (AvgIpc) is 3.18. The van der Waals surface area contributed by atoms with Crippen molar-refractivity contribution in [2.45, 2.75) is 18.9 Å². The maximum Gasteiger partial charge on any atom is 0.161 e. The SMILES string of the molecule is Cc1cc(NCC2(N3CCOCC3)CCSC2)nc(-c2ccncc2)n1. The van der Waals surface area contributed by atoms with Gasteiger partial charge in [-0.2, -0.15) is 11.8 Å². The number of nitrogens with zero attached hydrogens (tertiary/aromatic N) is 4. The quantitative estimate of drug-likeness (QED) is 0.866. The fraction of sp³-hybridized carbons (Fsp3) is 0.526. The number of anilines is 1. The maximum atomic E-state index is 5.55. The predicted octanol–water partition coefficient (Wildman–Crippen LogP) is 2.47. The molecule has 7 heteroatoms. The van der Waals surface area contributed by atoms with E-state index in [0.717, 1.165) is 55.7 Å². The lowest BCUT2D eigenvalue weighted by Gasteiger charge is -2.43. The van der Waals surface area contributed by atoms with Gasteiger partial charge >= 0.3 is 0 Å². The van der Waals surface area contributed by atoms with Gasteiger partial charge in [-0.25, -0.2) is 9.97 Å². The lowest BCUT2D eigenvalue weighted by atomic mass is 9.95. The molecule has 2 aliphatic rings. The fourth-order valence-corrected chi connectivity index (χ4v) is 5.16. The van der Waals surface area contributed by atoms with E-state index in [1.54, 1.807) is 12.4 Å². The van der Waals surface area contributed by atoms with E-state index < -0.39 is 0 Å². The van der Waals surface area contributed by atoms with Crippen molar-refractivity contribution in [3.63, 3.8) is 0 Å². The Bertz CT molecular complexity index is 730. The second-order valence-electron chi connectivity index (χ2n) is 6.93. The van der Waals surface area contributed by atoms with Crippen LogP contribution in [0.15, 0.2) is 30.6 Å². The molecule has 0 saturated carbocycles. The normalized spacial score (nSPS) is 23.9. The van der Waals surface area contributed by atoms with E-state index in [0.29, 0.717) is 0 Å². The molecule has 4 heterocycles. The number of hydrogen-bond acceptors (Lipinski definition) is 7. The van der Waals surface area contributed by atoms with Crippen molar-refractivity contribution in [2.75, 3.05) is 49.7 Å². The van der Waals surface area contributed by atoms with E-state index in [-0.39, 0.29) is 5.54 Å². The Hall–Kier alpha value is -1.70. The molecule has 1 atom stereocenters. The van der Waals surface area contributed by atoms with Crippen molar-refractivity contribution in [3.05, 3.63) is 36.3 Å². The topological polar surface area (TPSA) is 63.2 Å². The molecule has 2 aromatic heterocycles. The molecule has 0 aliphatic carbocycles. The van der Waals surface area contributed by atoms with Gasteiger partial charge in [0.2, 0.25) is 0 Å². The van der Waals surface area contributed by atoms with Gasteiger partial charge in [0.15, 0.2) is 5.82 Å². The van der Waals surface area contributed by atoms with E-state index in [2.05, 4.69) is 31.9 Å². The first-order chi connectivity index (χ1) is 12.8. The molecule has 0 radical (unpaired) electrons. The highest BCUT2D eigenvalue weighted by atomic mass is 32.2. The highest BCUT2D eigenvalue weighted by molar-refractivity contribution is 7.99. The smallest absolute Gasteiger partial charge is 0.161 e. The van der Waals surface area contributed by atoms with Crippen LogP contribution in [0.2, 0.25) is 0 Å². The zero-order chi connectivity index (χ0) is 17.8. The van der Waals surface area contributed by atoms with Gasteiger partial charge in [0.1, 0.15) is 5.82 Å².